The molecule has 0 bridgehead atoms. The Bertz CT molecular complexity index is 346. The zero-order valence-electron chi connectivity index (χ0n) is 7.35. The predicted octanol–water partition coefficient (Wildman–Crippen LogP) is 1.20. The number of amides is 1. The number of hydrogen-bond donors (Lipinski definition) is 2. The van der Waals surface area contributed by atoms with Gasteiger partial charge in [0.25, 0.3) is 0 Å². The van der Waals surface area contributed by atoms with Gasteiger partial charge in [-0.05, 0) is 23.8 Å². The third-order valence-electron chi connectivity index (χ3n) is 1.63. The van der Waals surface area contributed by atoms with Gasteiger partial charge in [0.1, 0.15) is 0 Å². The first-order chi connectivity index (χ1) is 6.59. The van der Waals surface area contributed by atoms with Crippen LogP contribution in [0.25, 0.3) is 6.08 Å². The van der Waals surface area contributed by atoms with Gasteiger partial charge in [-0.2, -0.15) is 0 Å². The minimum absolute atomic E-state index is 0.637. The second-order valence-corrected chi connectivity index (χ2v) is 3.19. The highest BCUT2D eigenvalue weighted by molar-refractivity contribution is 6.30. The lowest BCUT2D eigenvalue weighted by atomic mass is 10.2. The van der Waals surface area contributed by atoms with Crippen LogP contribution in [0, 0.1) is 0 Å². The lowest BCUT2D eigenvalue weighted by molar-refractivity contribution is -0.123. The molecule has 0 fully saturated rings. The monoisotopic (exact) mass is 211 g/mol. The van der Waals surface area contributed by atoms with E-state index in [4.69, 9.17) is 22.4 Å². The van der Waals surface area contributed by atoms with Gasteiger partial charge in [0.05, 0.1) is 0 Å². The summed E-state index contributed by atoms with van der Waals surface area (Å²) in [4.78, 5) is 10.5. The fourth-order valence-corrected chi connectivity index (χ4v) is 0.997. The molecular formula is C10H10ClNO2. The van der Waals surface area contributed by atoms with Crippen LogP contribution in [-0.2, 0) is 4.79 Å². The van der Waals surface area contributed by atoms with Crippen molar-refractivity contribution >= 4 is 23.6 Å². The molecule has 0 aromatic heterocycles. The number of aliphatic hydroxyl groups is 1. The normalized spacial score (nSPS) is 13.0. The molecule has 1 amide bonds. The Morgan fingerprint density at radius 3 is 2.50 bits per heavy atom. The SMILES string of the molecule is NC(=O)C(O)C=Cc1ccc(Cl)cc1. The van der Waals surface area contributed by atoms with E-state index >= 15 is 0 Å². The van der Waals surface area contributed by atoms with Gasteiger partial charge in [-0.25, -0.2) is 0 Å². The molecule has 0 heterocycles. The molecule has 1 atom stereocenters. The van der Waals surface area contributed by atoms with E-state index in [2.05, 4.69) is 0 Å². The fourth-order valence-electron chi connectivity index (χ4n) is 0.871. The number of nitrogens with two attached hydrogens (primary N) is 1. The minimum atomic E-state index is -1.24. The van der Waals surface area contributed by atoms with Crippen molar-refractivity contribution in [2.75, 3.05) is 0 Å². The number of aliphatic hydroxyl groups excluding tert-OH is 1. The lowest BCUT2D eigenvalue weighted by Gasteiger charge is -1.98. The van der Waals surface area contributed by atoms with Gasteiger partial charge < -0.3 is 10.8 Å². The largest absolute Gasteiger partial charge is 0.379 e. The molecule has 0 spiro atoms. The molecule has 3 nitrogen and oxygen atoms in total. The van der Waals surface area contributed by atoms with E-state index < -0.39 is 12.0 Å². The topological polar surface area (TPSA) is 63.3 Å². The second kappa shape index (κ2) is 4.79. The standard InChI is InChI=1S/C10H10ClNO2/c11-8-4-1-7(2-5-8)3-6-9(13)10(12)14/h1-6,9,13H,(H2,12,14). The molecule has 4 heteroatoms. The molecule has 0 aliphatic heterocycles. The third kappa shape index (κ3) is 3.20. The minimum Gasteiger partial charge on any atom is -0.379 e. The van der Waals surface area contributed by atoms with E-state index in [1.165, 1.54) is 6.08 Å². The van der Waals surface area contributed by atoms with E-state index in [-0.39, 0.29) is 0 Å². The Labute approximate surface area is 86.8 Å². The average Bonchev–Trinajstić information content (AvgIpc) is 2.16. The van der Waals surface area contributed by atoms with Gasteiger partial charge in [-0.1, -0.05) is 29.8 Å². The van der Waals surface area contributed by atoms with Gasteiger partial charge in [0, 0.05) is 5.02 Å². The number of carbonyl (C=O) groups excluding carboxylic acids is 1. The summed E-state index contributed by atoms with van der Waals surface area (Å²) in [7, 11) is 0. The highest BCUT2D eigenvalue weighted by Crippen LogP contribution is 2.10. The summed E-state index contributed by atoms with van der Waals surface area (Å²) in [6.07, 6.45) is 1.68. The van der Waals surface area contributed by atoms with E-state index in [1.54, 1.807) is 30.3 Å². The quantitative estimate of drug-likeness (QED) is 0.789. The summed E-state index contributed by atoms with van der Waals surface area (Å²) in [6.45, 7) is 0. The van der Waals surface area contributed by atoms with Crippen molar-refractivity contribution in [3.8, 4) is 0 Å². The maximum Gasteiger partial charge on any atom is 0.250 e. The highest BCUT2D eigenvalue weighted by Gasteiger charge is 2.04. The van der Waals surface area contributed by atoms with E-state index in [9.17, 15) is 4.79 Å². The molecule has 1 unspecified atom stereocenters. The number of benzene rings is 1. The van der Waals surface area contributed by atoms with Crippen LogP contribution in [0.2, 0.25) is 5.02 Å². The first kappa shape index (κ1) is 10.8. The molecule has 0 saturated heterocycles. The first-order valence-corrected chi connectivity index (χ1v) is 4.38. The molecule has 0 radical (unpaired) electrons. The summed E-state index contributed by atoms with van der Waals surface area (Å²) < 4.78 is 0. The van der Waals surface area contributed by atoms with Crippen molar-refractivity contribution in [1.29, 1.82) is 0 Å². The van der Waals surface area contributed by atoms with Crippen molar-refractivity contribution in [3.05, 3.63) is 40.9 Å². The molecule has 74 valence electrons. The van der Waals surface area contributed by atoms with Crippen molar-refractivity contribution in [2.45, 2.75) is 6.10 Å². The summed E-state index contributed by atoms with van der Waals surface area (Å²) in [6, 6.07) is 6.98. The number of rotatable bonds is 3. The van der Waals surface area contributed by atoms with Crippen LogP contribution in [0.15, 0.2) is 30.3 Å². The van der Waals surface area contributed by atoms with Crippen molar-refractivity contribution < 1.29 is 9.90 Å². The zero-order valence-corrected chi connectivity index (χ0v) is 8.11. The van der Waals surface area contributed by atoms with Crippen LogP contribution in [-0.4, -0.2) is 17.1 Å². The summed E-state index contributed by atoms with van der Waals surface area (Å²) in [5.41, 5.74) is 5.71. The highest BCUT2D eigenvalue weighted by atomic mass is 35.5. The maximum absolute atomic E-state index is 10.5. The molecule has 1 aromatic carbocycles. The predicted molar refractivity (Wildman–Crippen MR) is 55.7 cm³/mol. The smallest absolute Gasteiger partial charge is 0.250 e. The zero-order chi connectivity index (χ0) is 10.6. The molecule has 1 aromatic rings. The lowest BCUT2D eigenvalue weighted by Crippen LogP contribution is -2.25. The second-order valence-electron chi connectivity index (χ2n) is 2.76. The molecule has 0 aliphatic carbocycles. The van der Waals surface area contributed by atoms with E-state index in [0.29, 0.717) is 5.02 Å². The van der Waals surface area contributed by atoms with Gasteiger partial charge in [-0.3, -0.25) is 4.79 Å². The fraction of sp³-hybridized carbons (Fsp3) is 0.100. The van der Waals surface area contributed by atoms with Crippen molar-refractivity contribution in [2.24, 2.45) is 5.73 Å². The molecule has 0 aliphatic rings. The Morgan fingerprint density at radius 1 is 1.43 bits per heavy atom. The molecular weight excluding hydrogens is 202 g/mol. The maximum atomic E-state index is 10.5. The van der Waals surface area contributed by atoms with E-state index in [0.717, 1.165) is 5.56 Å². The average molecular weight is 212 g/mol. The van der Waals surface area contributed by atoms with Crippen LogP contribution in [0.1, 0.15) is 5.56 Å². The number of primary amides is 1. The molecule has 3 N–H and O–H groups in total. The van der Waals surface area contributed by atoms with Crippen molar-refractivity contribution in [1.82, 2.24) is 0 Å². The van der Waals surface area contributed by atoms with Crippen LogP contribution in [0.5, 0.6) is 0 Å². The van der Waals surface area contributed by atoms with Crippen LogP contribution in [0.4, 0.5) is 0 Å². The third-order valence-corrected chi connectivity index (χ3v) is 1.88. The van der Waals surface area contributed by atoms with Gasteiger partial charge >= 0.3 is 0 Å². The molecule has 1 rings (SSSR count). The Kier molecular flexibility index (Phi) is 3.68. The van der Waals surface area contributed by atoms with E-state index in [1.807, 2.05) is 0 Å². The number of halogens is 1. The number of carbonyl (C=O) groups is 1. The Morgan fingerprint density at radius 2 is 2.00 bits per heavy atom. The summed E-state index contributed by atoms with van der Waals surface area (Å²) in [5.74, 6) is -0.768. The molecule has 0 saturated carbocycles. The Hall–Kier alpha value is -1.32. The van der Waals surface area contributed by atoms with Crippen molar-refractivity contribution in [3.63, 3.8) is 0 Å². The van der Waals surface area contributed by atoms with Crippen LogP contribution >= 0.6 is 11.6 Å². The van der Waals surface area contributed by atoms with Crippen LogP contribution < -0.4 is 5.73 Å². The first-order valence-electron chi connectivity index (χ1n) is 4.01. The van der Waals surface area contributed by atoms with Gasteiger partial charge in [0.15, 0.2) is 6.10 Å². The molecule has 14 heavy (non-hydrogen) atoms. The summed E-state index contributed by atoms with van der Waals surface area (Å²) >= 11 is 5.68. The summed E-state index contributed by atoms with van der Waals surface area (Å²) in [5, 5.41) is 9.69. The number of hydrogen-bond acceptors (Lipinski definition) is 2. The van der Waals surface area contributed by atoms with Gasteiger partial charge in [-0.15, -0.1) is 0 Å². The van der Waals surface area contributed by atoms with Crippen LogP contribution in [0.3, 0.4) is 0 Å². The Balaban J connectivity index is 2.69. The van der Waals surface area contributed by atoms with Gasteiger partial charge in [0.2, 0.25) is 5.91 Å².